The zero-order valence-electron chi connectivity index (χ0n) is 16.6. The molecule has 0 N–H and O–H groups in total. The molecule has 0 bridgehead atoms. The Hall–Kier alpha value is -3.13. The summed E-state index contributed by atoms with van der Waals surface area (Å²) in [6, 6.07) is 17.9. The Morgan fingerprint density at radius 3 is 2.67 bits per heavy atom. The van der Waals surface area contributed by atoms with E-state index in [0.29, 0.717) is 30.0 Å². The van der Waals surface area contributed by atoms with Gasteiger partial charge < -0.3 is 9.26 Å². The smallest absolute Gasteiger partial charge is 0.237 e. The lowest BCUT2D eigenvalue weighted by Gasteiger charge is -2.08. The number of aromatic nitrogens is 5. The number of ether oxygens (including phenoxy) is 1. The third-order valence-electron chi connectivity index (χ3n) is 4.84. The summed E-state index contributed by atoms with van der Waals surface area (Å²) < 4.78 is 13.3. The molecule has 0 unspecified atom stereocenters. The first-order valence-electron chi connectivity index (χ1n) is 10.0. The number of rotatable bonds is 8. The van der Waals surface area contributed by atoms with E-state index in [1.807, 2.05) is 49.4 Å². The second-order valence-corrected chi connectivity index (χ2v) is 7.96. The van der Waals surface area contributed by atoms with Crippen LogP contribution in [-0.4, -0.2) is 31.5 Å². The topological polar surface area (TPSA) is 78.9 Å². The summed E-state index contributed by atoms with van der Waals surface area (Å²) in [5.41, 5.74) is 1.89. The van der Waals surface area contributed by atoms with Gasteiger partial charge in [-0.15, -0.1) is 10.2 Å². The van der Waals surface area contributed by atoms with Gasteiger partial charge >= 0.3 is 0 Å². The van der Waals surface area contributed by atoms with Gasteiger partial charge in [-0.25, -0.2) is 0 Å². The highest BCUT2D eigenvalue weighted by atomic mass is 32.2. The molecule has 8 heteroatoms. The van der Waals surface area contributed by atoms with Gasteiger partial charge in [-0.2, -0.15) is 4.98 Å². The van der Waals surface area contributed by atoms with Crippen molar-refractivity contribution < 1.29 is 9.26 Å². The predicted molar refractivity (Wildman–Crippen MR) is 114 cm³/mol. The minimum absolute atomic E-state index is 0.497. The van der Waals surface area contributed by atoms with Crippen LogP contribution in [0.2, 0.25) is 0 Å². The molecular formula is C22H21N5O2S. The molecule has 1 saturated carbocycles. The van der Waals surface area contributed by atoms with Gasteiger partial charge in [0, 0.05) is 11.6 Å². The Kier molecular flexibility index (Phi) is 5.23. The Morgan fingerprint density at radius 1 is 1.07 bits per heavy atom. The van der Waals surface area contributed by atoms with Gasteiger partial charge in [-0.05, 0) is 44.0 Å². The van der Waals surface area contributed by atoms with Crippen molar-refractivity contribution in [3.8, 4) is 22.8 Å². The van der Waals surface area contributed by atoms with E-state index in [4.69, 9.17) is 9.26 Å². The van der Waals surface area contributed by atoms with Crippen LogP contribution >= 0.6 is 11.8 Å². The number of thioether (sulfide) groups is 1. The van der Waals surface area contributed by atoms with E-state index < -0.39 is 0 Å². The van der Waals surface area contributed by atoms with Crippen molar-refractivity contribution in [1.82, 2.24) is 24.9 Å². The molecule has 1 fully saturated rings. The Morgan fingerprint density at radius 2 is 1.87 bits per heavy atom. The van der Waals surface area contributed by atoms with E-state index in [1.54, 1.807) is 11.8 Å². The summed E-state index contributed by atoms with van der Waals surface area (Å²) in [6.07, 6.45) is 2.34. The van der Waals surface area contributed by atoms with Crippen molar-refractivity contribution in [1.29, 1.82) is 0 Å². The van der Waals surface area contributed by atoms with E-state index in [1.165, 1.54) is 12.8 Å². The van der Waals surface area contributed by atoms with Gasteiger partial charge in [-0.3, -0.25) is 4.57 Å². The molecule has 152 valence electrons. The fourth-order valence-electron chi connectivity index (χ4n) is 3.28. The minimum Gasteiger partial charge on any atom is -0.493 e. The standard InChI is InChI=1S/C22H21N5O2S/c1-2-28-18-11-7-6-10-17(18)20-23-19(29-26-20)14-30-22-25-24-21(15-12-13-15)27(22)16-8-4-3-5-9-16/h3-11,15H,2,12-14H2,1H3. The van der Waals surface area contributed by atoms with Gasteiger partial charge in [0.15, 0.2) is 5.16 Å². The van der Waals surface area contributed by atoms with E-state index in [9.17, 15) is 0 Å². The molecule has 7 nitrogen and oxygen atoms in total. The average molecular weight is 420 g/mol. The highest BCUT2D eigenvalue weighted by molar-refractivity contribution is 7.98. The molecule has 0 atom stereocenters. The Balaban J connectivity index is 1.37. The number of nitrogens with zero attached hydrogens (tertiary/aromatic N) is 5. The number of benzene rings is 2. The lowest BCUT2D eigenvalue weighted by molar-refractivity contribution is 0.341. The van der Waals surface area contributed by atoms with Crippen molar-refractivity contribution in [2.45, 2.75) is 36.6 Å². The van der Waals surface area contributed by atoms with Gasteiger partial charge in [-0.1, -0.05) is 47.3 Å². The molecule has 0 radical (unpaired) electrons. The molecule has 30 heavy (non-hydrogen) atoms. The van der Waals surface area contributed by atoms with Crippen molar-refractivity contribution in [3.05, 3.63) is 66.3 Å². The van der Waals surface area contributed by atoms with Crippen molar-refractivity contribution in [3.63, 3.8) is 0 Å². The number of para-hydroxylation sites is 2. The maximum atomic E-state index is 5.68. The monoisotopic (exact) mass is 419 g/mol. The average Bonchev–Trinajstić information content (AvgIpc) is 3.37. The summed E-state index contributed by atoms with van der Waals surface area (Å²) in [6.45, 7) is 2.53. The van der Waals surface area contributed by atoms with Crippen LogP contribution in [0, 0.1) is 0 Å². The maximum absolute atomic E-state index is 5.68. The summed E-state index contributed by atoms with van der Waals surface area (Å²) >= 11 is 1.55. The number of hydrogen-bond donors (Lipinski definition) is 0. The molecule has 2 heterocycles. The van der Waals surface area contributed by atoms with Crippen LogP contribution in [0.1, 0.15) is 37.4 Å². The molecule has 0 saturated heterocycles. The predicted octanol–water partition coefficient (Wildman–Crippen LogP) is 4.89. The molecule has 0 aliphatic heterocycles. The van der Waals surface area contributed by atoms with Gasteiger partial charge in [0.2, 0.25) is 11.7 Å². The van der Waals surface area contributed by atoms with E-state index in [0.717, 1.165) is 28.0 Å². The normalized spacial score (nSPS) is 13.5. The van der Waals surface area contributed by atoms with Gasteiger partial charge in [0.05, 0.1) is 17.9 Å². The fraction of sp³-hybridized carbons (Fsp3) is 0.273. The third kappa shape index (κ3) is 3.82. The second kappa shape index (κ2) is 8.31. The summed E-state index contributed by atoms with van der Waals surface area (Å²) in [5.74, 6) is 3.85. The highest BCUT2D eigenvalue weighted by Crippen LogP contribution is 2.41. The zero-order chi connectivity index (χ0) is 20.3. The first-order valence-corrected chi connectivity index (χ1v) is 11.0. The molecule has 0 amide bonds. The first-order chi connectivity index (χ1) is 14.8. The van der Waals surface area contributed by atoms with Crippen molar-refractivity contribution in [2.24, 2.45) is 0 Å². The largest absolute Gasteiger partial charge is 0.493 e. The van der Waals surface area contributed by atoms with Gasteiger partial charge in [0.1, 0.15) is 11.6 Å². The van der Waals surface area contributed by atoms with Crippen LogP contribution in [0.3, 0.4) is 0 Å². The molecule has 5 rings (SSSR count). The SMILES string of the molecule is CCOc1ccccc1-c1noc(CSc2nnc(C3CC3)n2-c2ccccc2)n1. The lowest BCUT2D eigenvalue weighted by Crippen LogP contribution is -2.01. The van der Waals surface area contributed by atoms with Gasteiger partial charge in [0.25, 0.3) is 0 Å². The minimum atomic E-state index is 0.497. The molecular weight excluding hydrogens is 398 g/mol. The first kappa shape index (κ1) is 18.9. The third-order valence-corrected chi connectivity index (χ3v) is 5.75. The van der Waals surface area contributed by atoms with Crippen molar-refractivity contribution in [2.75, 3.05) is 6.61 Å². The van der Waals surface area contributed by atoms with Crippen LogP contribution in [0.25, 0.3) is 17.1 Å². The zero-order valence-corrected chi connectivity index (χ0v) is 17.4. The fourth-order valence-corrected chi connectivity index (χ4v) is 4.08. The second-order valence-electron chi connectivity index (χ2n) is 7.02. The molecule has 2 aromatic carbocycles. The van der Waals surface area contributed by atoms with E-state index in [2.05, 4.69) is 37.0 Å². The summed E-state index contributed by atoms with van der Waals surface area (Å²) in [4.78, 5) is 4.56. The van der Waals surface area contributed by atoms with Crippen LogP contribution in [0.15, 0.2) is 64.3 Å². The van der Waals surface area contributed by atoms with Crippen LogP contribution in [0.4, 0.5) is 0 Å². The highest BCUT2D eigenvalue weighted by Gasteiger charge is 2.31. The molecule has 1 aliphatic rings. The Bertz CT molecular complexity index is 1140. The van der Waals surface area contributed by atoms with Crippen LogP contribution < -0.4 is 4.74 Å². The molecule has 4 aromatic rings. The Labute approximate surface area is 178 Å². The molecule has 0 spiro atoms. The summed E-state index contributed by atoms with van der Waals surface area (Å²) in [7, 11) is 0. The summed E-state index contributed by atoms with van der Waals surface area (Å²) in [5, 5.41) is 13.9. The quantitative estimate of drug-likeness (QED) is 0.376. The molecule has 2 aromatic heterocycles. The molecule has 1 aliphatic carbocycles. The van der Waals surface area contributed by atoms with Crippen molar-refractivity contribution >= 4 is 11.8 Å². The maximum Gasteiger partial charge on any atom is 0.237 e. The lowest BCUT2D eigenvalue weighted by atomic mass is 10.2. The van der Waals surface area contributed by atoms with Crippen LogP contribution in [-0.2, 0) is 5.75 Å². The van der Waals surface area contributed by atoms with E-state index in [-0.39, 0.29) is 0 Å². The van der Waals surface area contributed by atoms with E-state index >= 15 is 0 Å². The number of hydrogen-bond acceptors (Lipinski definition) is 7. The van der Waals surface area contributed by atoms with Crippen LogP contribution in [0.5, 0.6) is 5.75 Å².